The van der Waals surface area contributed by atoms with Gasteiger partial charge < -0.3 is 4.74 Å². The summed E-state index contributed by atoms with van der Waals surface area (Å²) in [6.07, 6.45) is 9.46. The Morgan fingerprint density at radius 2 is 2.14 bits per heavy atom. The van der Waals surface area contributed by atoms with Gasteiger partial charge in [0.05, 0.1) is 6.10 Å². The molecule has 1 heteroatoms. The first-order chi connectivity index (χ1) is 6.65. The molecule has 0 aliphatic heterocycles. The van der Waals surface area contributed by atoms with E-state index in [0.717, 1.165) is 5.92 Å². The minimum atomic E-state index is 0.398. The first-order valence-electron chi connectivity index (χ1n) is 5.70. The Balaban J connectivity index is 2.50. The molecule has 0 spiro atoms. The van der Waals surface area contributed by atoms with Gasteiger partial charge >= 0.3 is 0 Å². The number of hydrogen-bond donors (Lipinski definition) is 0. The highest BCUT2D eigenvalue weighted by molar-refractivity contribution is 4.86. The van der Waals surface area contributed by atoms with E-state index in [1.165, 1.54) is 19.3 Å². The van der Waals surface area contributed by atoms with Crippen LogP contribution in [0.25, 0.3) is 0 Å². The molecule has 1 rings (SSSR count). The lowest BCUT2D eigenvalue weighted by molar-refractivity contribution is -0.0241. The van der Waals surface area contributed by atoms with Crippen molar-refractivity contribution in [3.05, 3.63) is 0 Å². The molecule has 0 saturated heterocycles. The fourth-order valence-corrected chi connectivity index (χ4v) is 2.46. The van der Waals surface area contributed by atoms with Gasteiger partial charge in [0.15, 0.2) is 0 Å². The molecule has 0 N–H and O–H groups in total. The van der Waals surface area contributed by atoms with E-state index in [2.05, 4.69) is 26.7 Å². The van der Waals surface area contributed by atoms with Crippen molar-refractivity contribution in [2.75, 3.05) is 6.61 Å². The maximum Gasteiger partial charge on any atom is 0.107 e. The Bertz CT molecular complexity index is 202. The average Bonchev–Trinajstić information content (AvgIpc) is 2.14. The zero-order valence-electron chi connectivity index (χ0n) is 9.62. The average molecular weight is 194 g/mol. The molecule has 3 atom stereocenters. The molecule has 14 heavy (non-hydrogen) atoms. The van der Waals surface area contributed by atoms with Crippen molar-refractivity contribution >= 4 is 0 Å². The highest BCUT2D eigenvalue weighted by Gasteiger charge is 2.30. The van der Waals surface area contributed by atoms with Gasteiger partial charge in [-0.05, 0) is 30.6 Å². The summed E-state index contributed by atoms with van der Waals surface area (Å²) in [5.74, 6) is 4.79. The van der Waals surface area contributed by atoms with Gasteiger partial charge in [-0.3, -0.25) is 0 Å². The second-order valence-electron chi connectivity index (χ2n) is 4.88. The summed E-state index contributed by atoms with van der Waals surface area (Å²) >= 11 is 0. The lowest BCUT2D eigenvalue weighted by Crippen LogP contribution is -2.34. The highest BCUT2D eigenvalue weighted by Crippen LogP contribution is 2.35. The number of terminal acetylenes is 1. The summed E-state index contributed by atoms with van der Waals surface area (Å²) in [6, 6.07) is 0. The third kappa shape index (κ3) is 3.03. The van der Waals surface area contributed by atoms with E-state index in [1.54, 1.807) is 0 Å². The lowest BCUT2D eigenvalue weighted by atomic mass is 9.75. The van der Waals surface area contributed by atoms with E-state index < -0.39 is 0 Å². The van der Waals surface area contributed by atoms with E-state index in [1.807, 2.05) is 0 Å². The van der Waals surface area contributed by atoms with Crippen LogP contribution in [0.1, 0.15) is 40.0 Å². The first kappa shape index (κ1) is 11.6. The van der Waals surface area contributed by atoms with Crippen LogP contribution in [-0.2, 0) is 4.74 Å². The molecule has 1 aliphatic carbocycles. The maximum absolute atomic E-state index is 5.74. The van der Waals surface area contributed by atoms with Crippen molar-refractivity contribution in [2.24, 2.45) is 17.8 Å². The fraction of sp³-hybridized carbons (Fsp3) is 0.846. The van der Waals surface area contributed by atoms with Crippen LogP contribution in [0.2, 0.25) is 0 Å². The minimum absolute atomic E-state index is 0.398. The van der Waals surface area contributed by atoms with Gasteiger partial charge in [0.1, 0.15) is 6.61 Å². The molecule has 0 aromatic carbocycles. The smallest absolute Gasteiger partial charge is 0.107 e. The third-order valence-corrected chi connectivity index (χ3v) is 3.34. The van der Waals surface area contributed by atoms with Crippen LogP contribution >= 0.6 is 0 Å². The zero-order valence-corrected chi connectivity index (χ0v) is 9.62. The quantitative estimate of drug-likeness (QED) is 0.627. The summed E-state index contributed by atoms with van der Waals surface area (Å²) in [5, 5.41) is 0. The molecule has 0 heterocycles. The first-order valence-corrected chi connectivity index (χ1v) is 5.70. The molecule has 1 unspecified atom stereocenters. The SMILES string of the molecule is C#CCOC1C[C@H](C)CC[C@H]1C(C)C. The highest BCUT2D eigenvalue weighted by atomic mass is 16.5. The topological polar surface area (TPSA) is 9.23 Å². The van der Waals surface area contributed by atoms with Gasteiger partial charge in [0, 0.05) is 0 Å². The Morgan fingerprint density at radius 3 is 2.71 bits per heavy atom. The Labute approximate surface area is 88.2 Å². The largest absolute Gasteiger partial charge is 0.365 e. The second kappa shape index (κ2) is 5.41. The Hall–Kier alpha value is -0.480. The lowest BCUT2D eigenvalue weighted by Gasteiger charge is -2.36. The number of ether oxygens (including phenoxy) is 1. The summed E-state index contributed by atoms with van der Waals surface area (Å²) in [6.45, 7) is 7.35. The van der Waals surface area contributed by atoms with Gasteiger partial charge in [-0.2, -0.15) is 0 Å². The Morgan fingerprint density at radius 1 is 1.43 bits per heavy atom. The van der Waals surface area contributed by atoms with E-state index >= 15 is 0 Å². The number of rotatable bonds is 3. The molecule has 0 bridgehead atoms. The molecular weight excluding hydrogens is 172 g/mol. The summed E-state index contributed by atoms with van der Waals surface area (Å²) < 4.78 is 5.74. The molecule has 1 saturated carbocycles. The minimum Gasteiger partial charge on any atom is -0.365 e. The van der Waals surface area contributed by atoms with Crippen molar-refractivity contribution in [3.63, 3.8) is 0 Å². The molecule has 1 aliphatic rings. The molecule has 0 aromatic rings. The van der Waals surface area contributed by atoms with Gasteiger partial charge in [0.25, 0.3) is 0 Å². The van der Waals surface area contributed by atoms with Crippen LogP contribution in [0.4, 0.5) is 0 Å². The van der Waals surface area contributed by atoms with Crippen molar-refractivity contribution in [1.82, 2.24) is 0 Å². The summed E-state index contributed by atoms with van der Waals surface area (Å²) in [4.78, 5) is 0. The fourth-order valence-electron chi connectivity index (χ4n) is 2.46. The molecule has 1 fully saturated rings. The monoisotopic (exact) mass is 194 g/mol. The summed E-state index contributed by atoms with van der Waals surface area (Å²) in [5.41, 5.74) is 0. The van der Waals surface area contributed by atoms with Crippen LogP contribution in [-0.4, -0.2) is 12.7 Å². The molecule has 0 amide bonds. The van der Waals surface area contributed by atoms with E-state index in [-0.39, 0.29) is 0 Å². The van der Waals surface area contributed by atoms with E-state index in [9.17, 15) is 0 Å². The van der Waals surface area contributed by atoms with Crippen LogP contribution in [0.15, 0.2) is 0 Å². The summed E-state index contributed by atoms with van der Waals surface area (Å²) in [7, 11) is 0. The Kier molecular flexibility index (Phi) is 4.48. The van der Waals surface area contributed by atoms with Crippen molar-refractivity contribution < 1.29 is 4.74 Å². The van der Waals surface area contributed by atoms with E-state index in [4.69, 9.17) is 11.2 Å². The molecular formula is C13H22O. The van der Waals surface area contributed by atoms with Crippen molar-refractivity contribution in [1.29, 1.82) is 0 Å². The standard InChI is InChI=1S/C13H22O/c1-5-8-14-13-9-11(4)6-7-12(13)10(2)3/h1,10-13H,6-9H2,2-4H3/t11-,12+,13?/m1/s1. The van der Waals surface area contributed by atoms with Gasteiger partial charge in [0.2, 0.25) is 0 Å². The van der Waals surface area contributed by atoms with Crippen molar-refractivity contribution in [2.45, 2.75) is 46.1 Å². The normalized spacial score (nSPS) is 32.9. The zero-order chi connectivity index (χ0) is 10.6. The van der Waals surface area contributed by atoms with Crippen LogP contribution < -0.4 is 0 Å². The predicted molar refractivity (Wildman–Crippen MR) is 59.9 cm³/mol. The number of hydrogen-bond acceptors (Lipinski definition) is 1. The van der Waals surface area contributed by atoms with Gasteiger partial charge in [-0.25, -0.2) is 0 Å². The van der Waals surface area contributed by atoms with Crippen LogP contribution in [0, 0.1) is 30.1 Å². The third-order valence-electron chi connectivity index (χ3n) is 3.34. The van der Waals surface area contributed by atoms with Crippen molar-refractivity contribution in [3.8, 4) is 12.3 Å². The van der Waals surface area contributed by atoms with Crippen LogP contribution in [0.5, 0.6) is 0 Å². The maximum atomic E-state index is 5.74. The molecule has 1 nitrogen and oxygen atoms in total. The van der Waals surface area contributed by atoms with Crippen LogP contribution in [0.3, 0.4) is 0 Å². The van der Waals surface area contributed by atoms with Gasteiger partial charge in [-0.15, -0.1) is 6.42 Å². The molecule has 80 valence electrons. The molecule has 0 radical (unpaired) electrons. The molecule has 0 aromatic heterocycles. The van der Waals surface area contributed by atoms with Gasteiger partial charge in [-0.1, -0.05) is 33.1 Å². The van der Waals surface area contributed by atoms with E-state index in [0.29, 0.717) is 24.5 Å². The second-order valence-corrected chi connectivity index (χ2v) is 4.88. The predicted octanol–water partition coefficient (Wildman–Crippen LogP) is 3.10.